The van der Waals surface area contributed by atoms with Gasteiger partial charge >= 0.3 is 5.97 Å². The molecule has 1 N–H and O–H groups in total. The number of piperidine rings is 1. The Morgan fingerprint density at radius 1 is 1.10 bits per heavy atom. The number of likely N-dealkylation sites (tertiary alicyclic amines) is 2. The molecule has 20 heavy (non-hydrogen) atoms. The van der Waals surface area contributed by atoms with Gasteiger partial charge in [0.05, 0.1) is 6.54 Å². The molecule has 1 atom stereocenters. The molecule has 0 aromatic heterocycles. The summed E-state index contributed by atoms with van der Waals surface area (Å²) in [5.41, 5.74) is -0.805. The molecule has 0 aromatic rings. The van der Waals surface area contributed by atoms with E-state index in [-0.39, 0.29) is 12.5 Å². The molecule has 2 heterocycles. The fourth-order valence-corrected chi connectivity index (χ4v) is 3.62. The van der Waals surface area contributed by atoms with E-state index in [1.54, 1.807) is 0 Å². The maximum absolute atomic E-state index is 12.4. The summed E-state index contributed by atoms with van der Waals surface area (Å²) >= 11 is 0. The molecule has 5 nitrogen and oxygen atoms in total. The van der Waals surface area contributed by atoms with E-state index >= 15 is 0 Å². The number of carbonyl (C=O) groups excluding carboxylic acids is 1. The van der Waals surface area contributed by atoms with Crippen molar-refractivity contribution in [3.63, 3.8) is 0 Å². The zero-order valence-corrected chi connectivity index (χ0v) is 12.4. The van der Waals surface area contributed by atoms with Crippen LogP contribution in [-0.4, -0.2) is 58.5 Å². The van der Waals surface area contributed by atoms with Crippen molar-refractivity contribution in [3.05, 3.63) is 0 Å². The second-order valence-corrected chi connectivity index (χ2v) is 6.05. The molecule has 0 bridgehead atoms. The van der Waals surface area contributed by atoms with Gasteiger partial charge in [0.15, 0.2) is 0 Å². The van der Waals surface area contributed by atoms with Crippen LogP contribution in [0.5, 0.6) is 0 Å². The van der Waals surface area contributed by atoms with Crippen LogP contribution in [0.3, 0.4) is 0 Å². The molecular formula is C15H26N2O3. The third-order valence-electron chi connectivity index (χ3n) is 4.72. The number of carbonyl (C=O) groups is 2. The highest BCUT2D eigenvalue weighted by atomic mass is 16.4. The van der Waals surface area contributed by atoms with Gasteiger partial charge in [0, 0.05) is 13.1 Å². The van der Waals surface area contributed by atoms with E-state index < -0.39 is 11.5 Å². The van der Waals surface area contributed by atoms with Crippen molar-refractivity contribution in [2.75, 3.05) is 26.2 Å². The highest BCUT2D eigenvalue weighted by Gasteiger charge is 2.47. The summed E-state index contributed by atoms with van der Waals surface area (Å²) < 4.78 is 0. The number of aliphatic carboxylic acids is 1. The van der Waals surface area contributed by atoms with Crippen molar-refractivity contribution in [1.82, 2.24) is 9.80 Å². The zero-order valence-electron chi connectivity index (χ0n) is 12.4. The Labute approximate surface area is 120 Å². The molecule has 2 fully saturated rings. The van der Waals surface area contributed by atoms with E-state index in [0.717, 1.165) is 45.3 Å². The SMILES string of the molecule is CCCC1(C(=O)O)CCCN1CC(=O)N1CCCCC1. The monoisotopic (exact) mass is 282 g/mol. The second-order valence-electron chi connectivity index (χ2n) is 6.05. The quantitative estimate of drug-likeness (QED) is 0.834. The van der Waals surface area contributed by atoms with Gasteiger partial charge < -0.3 is 10.0 Å². The first kappa shape index (κ1) is 15.3. The van der Waals surface area contributed by atoms with Gasteiger partial charge in [-0.15, -0.1) is 0 Å². The van der Waals surface area contributed by atoms with Crippen LogP contribution in [0.25, 0.3) is 0 Å². The van der Waals surface area contributed by atoms with Gasteiger partial charge in [0.1, 0.15) is 5.54 Å². The van der Waals surface area contributed by atoms with E-state index in [9.17, 15) is 14.7 Å². The minimum atomic E-state index is -0.805. The van der Waals surface area contributed by atoms with Gasteiger partial charge in [-0.3, -0.25) is 14.5 Å². The topological polar surface area (TPSA) is 60.9 Å². The summed E-state index contributed by atoms with van der Waals surface area (Å²) in [5, 5.41) is 9.62. The smallest absolute Gasteiger partial charge is 0.324 e. The van der Waals surface area contributed by atoms with E-state index in [4.69, 9.17) is 0 Å². The Morgan fingerprint density at radius 2 is 1.80 bits per heavy atom. The van der Waals surface area contributed by atoms with Crippen molar-refractivity contribution < 1.29 is 14.7 Å². The van der Waals surface area contributed by atoms with Crippen LogP contribution in [-0.2, 0) is 9.59 Å². The van der Waals surface area contributed by atoms with Crippen LogP contribution < -0.4 is 0 Å². The lowest BCUT2D eigenvalue weighted by Crippen LogP contribution is -2.54. The Kier molecular flexibility index (Phi) is 5.02. The predicted molar refractivity (Wildman–Crippen MR) is 76.5 cm³/mol. The number of hydrogen-bond donors (Lipinski definition) is 1. The molecular weight excluding hydrogens is 256 g/mol. The van der Waals surface area contributed by atoms with Crippen LogP contribution in [0.1, 0.15) is 51.9 Å². The van der Waals surface area contributed by atoms with Crippen molar-refractivity contribution >= 4 is 11.9 Å². The molecule has 1 unspecified atom stereocenters. The van der Waals surface area contributed by atoms with Gasteiger partial charge in [-0.25, -0.2) is 0 Å². The molecule has 5 heteroatoms. The maximum atomic E-state index is 12.4. The average Bonchev–Trinajstić information content (AvgIpc) is 2.84. The minimum Gasteiger partial charge on any atom is -0.480 e. The number of carboxylic acid groups (broad SMARTS) is 1. The molecule has 114 valence electrons. The van der Waals surface area contributed by atoms with Gasteiger partial charge in [0.2, 0.25) is 5.91 Å². The second kappa shape index (κ2) is 6.57. The molecule has 2 aliphatic rings. The van der Waals surface area contributed by atoms with Crippen molar-refractivity contribution in [2.45, 2.75) is 57.4 Å². The first-order valence-corrected chi connectivity index (χ1v) is 7.86. The fourth-order valence-electron chi connectivity index (χ4n) is 3.62. The Morgan fingerprint density at radius 3 is 2.40 bits per heavy atom. The molecule has 2 rings (SSSR count). The average molecular weight is 282 g/mol. The largest absolute Gasteiger partial charge is 0.480 e. The lowest BCUT2D eigenvalue weighted by atomic mass is 9.90. The standard InChI is InChI=1S/C15H26N2O3/c1-2-7-15(14(19)20)8-6-11-17(15)12-13(18)16-9-4-3-5-10-16/h2-12H2,1H3,(H,19,20). The molecule has 0 saturated carbocycles. The first-order valence-electron chi connectivity index (χ1n) is 7.86. The van der Waals surface area contributed by atoms with E-state index in [0.29, 0.717) is 12.8 Å². The van der Waals surface area contributed by atoms with Gasteiger partial charge in [-0.2, -0.15) is 0 Å². The van der Waals surface area contributed by atoms with Gasteiger partial charge in [0.25, 0.3) is 0 Å². The summed E-state index contributed by atoms with van der Waals surface area (Å²) in [6.45, 7) is 4.67. The van der Waals surface area contributed by atoms with E-state index in [1.807, 2.05) is 16.7 Å². The summed E-state index contributed by atoms with van der Waals surface area (Å²) in [5.74, 6) is -0.656. The Balaban J connectivity index is 2.02. The Hall–Kier alpha value is -1.10. The number of carboxylic acids is 1. The lowest BCUT2D eigenvalue weighted by molar-refractivity contribution is -0.152. The number of hydrogen-bond acceptors (Lipinski definition) is 3. The van der Waals surface area contributed by atoms with Crippen molar-refractivity contribution in [2.24, 2.45) is 0 Å². The predicted octanol–water partition coefficient (Wildman–Crippen LogP) is 1.72. The normalized spacial score (nSPS) is 27.8. The molecule has 0 aliphatic carbocycles. The van der Waals surface area contributed by atoms with Crippen molar-refractivity contribution in [3.8, 4) is 0 Å². The summed E-state index contributed by atoms with van der Waals surface area (Å²) in [4.78, 5) is 27.9. The van der Waals surface area contributed by atoms with E-state index in [1.165, 1.54) is 6.42 Å². The number of amides is 1. The van der Waals surface area contributed by atoms with Gasteiger partial charge in [-0.1, -0.05) is 13.3 Å². The maximum Gasteiger partial charge on any atom is 0.324 e. The molecule has 2 saturated heterocycles. The van der Waals surface area contributed by atoms with Crippen LogP contribution in [0.4, 0.5) is 0 Å². The zero-order chi connectivity index (χ0) is 14.6. The summed E-state index contributed by atoms with van der Waals surface area (Å²) in [6.07, 6.45) is 6.36. The highest BCUT2D eigenvalue weighted by molar-refractivity contribution is 5.82. The minimum absolute atomic E-state index is 0.105. The Bertz CT molecular complexity index is 366. The van der Waals surface area contributed by atoms with Crippen molar-refractivity contribution in [1.29, 1.82) is 0 Å². The van der Waals surface area contributed by atoms with Crippen LogP contribution in [0.2, 0.25) is 0 Å². The van der Waals surface area contributed by atoms with Gasteiger partial charge in [-0.05, 0) is 45.1 Å². The third kappa shape index (κ3) is 2.97. The van der Waals surface area contributed by atoms with Crippen LogP contribution >= 0.6 is 0 Å². The highest BCUT2D eigenvalue weighted by Crippen LogP contribution is 2.34. The molecule has 2 aliphatic heterocycles. The number of nitrogens with zero attached hydrogens (tertiary/aromatic N) is 2. The molecule has 0 spiro atoms. The van der Waals surface area contributed by atoms with Crippen LogP contribution in [0, 0.1) is 0 Å². The fraction of sp³-hybridized carbons (Fsp3) is 0.867. The molecule has 0 aromatic carbocycles. The first-order chi connectivity index (χ1) is 9.60. The van der Waals surface area contributed by atoms with E-state index in [2.05, 4.69) is 0 Å². The summed E-state index contributed by atoms with van der Waals surface area (Å²) in [6, 6.07) is 0. The molecule has 1 amide bonds. The lowest BCUT2D eigenvalue weighted by Gasteiger charge is -2.36. The third-order valence-corrected chi connectivity index (χ3v) is 4.72. The number of rotatable bonds is 5. The summed E-state index contributed by atoms with van der Waals surface area (Å²) in [7, 11) is 0. The van der Waals surface area contributed by atoms with Crippen LogP contribution in [0.15, 0.2) is 0 Å². The molecule has 0 radical (unpaired) electrons.